The molecule has 0 radical (unpaired) electrons. The van der Waals surface area contributed by atoms with Gasteiger partial charge in [-0.15, -0.1) is 0 Å². The zero-order chi connectivity index (χ0) is 15.3. The minimum Gasteiger partial charge on any atom is -0.347 e. The number of nitro groups is 1. The number of nitro benzene ring substituents is 1. The van der Waals surface area contributed by atoms with Gasteiger partial charge in [0.1, 0.15) is 0 Å². The number of carbonyl (C=O) groups is 1. The Labute approximate surface area is 127 Å². The van der Waals surface area contributed by atoms with Crippen LogP contribution in [0.5, 0.6) is 0 Å². The van der Waals surface area contributed by atoms with Crippen molar-refractivity contribution in [3.05, 3.63) is 39.4 Å². The standard InChI is InChI=1S/C14H19BrN2O3/c1-4-14(3,7-8-15)16-13(18)11-5-6-12(17(19)20)10(2)9-11/h5-6,9H,4,7-8H2,1-3H3,(H,16,18). The molecule has 1 aromatic rings. The maximum Gasteiger partial charge on any atom is 0.272 e. The number of rotatable bonds is 6. The summed E-state index contributed by atoms with van der Waals surface area (Å²) in [5.41, 5.74) is 0.681. The second-order valence-electron chi connectivity index (χ2n) is 5.07. The van der Waals surface area contributed by atoms with E-state index in [-0.39, 0.29) is 17.1 Å². The zero-order valence-corrected chi connectivity index (χ0v) is 13.5. The van der Waals surface area contributed by atoms with Crippen LogP contribution in [-0.2, 0) is 0 Å². The van der Waals surface area contributed by atoms with Crippen LogP contribution in [-0.4, -0.2) is 21.7 Å². The van der Waals surface area contributed by atoms with E-state index in [1.807, 2.05) is 13.8 Å². The Morgan fingerprint density at radius 2 is 2.15 bits per heavy atom. The van der Waals surface area contributed by atoms with Gasteiger partial charge in [0.05, 0.1) is 4.92 Å². The van der Waals surface area contributed by atoms with Crippen LogP contribution in [0.1, 0.15) is 42.6 Å². The van der Waals surface area contributed by atoms with Gasteiger partial charge in [-0.25, -0.2) is 0 Å². The number of nitrogens with one attached hydrogen (secondary N) is 1. The molecular weight excluding hydrogens is 324 g/mol. The van der Waals surface area contributed by atoms with Gasteiger partial charge in [-0.1, -0.05) is 22.9 Å². The summed E-state index contributed by atoms with van der Waals surface area (Å²) in [7, 11) is 0. The van der Waals surface area contributed by atoms with Crippen molar-refractivity contribution in [3.8, 4) is 0 Å². The number of halogens is 1. The molecule has 0 aromatic heterocycles. The van der Waals surface area contributed by atoms with Crippen LogP contribution in [0.4, 0.5) is 5.69 Å². The number of aryl methyl sites for hydroxylation is 1. The summed E-state index contributed by atoms with van der Waals surface area (Å²) < 4.78 is 0. The Kier molecular flexibility index (Phi) is 5.68. The smallest absolute Gasteiger partial charge is 0.272 e. The molecule has 1 atom stereocenters. The zero-order valence-electron chi connectivity index (χ0n) is 11.9. The van der Waals surface area contributed by atoms with Gasteiger partial charge in [0.25, 0.3) is 11.6 Å². The highest BCUT2D eigenvalue weighted by Crippen LogP contribution is 2.21. The predicted octanol–water partition coefficient (Wildman–Crippen LogP) is 3.59. The molecule has 0 aliphatic rings. The first-order valence-corrected chi connectivity index (χ1v) is 7.58. The van der Waals surface area contributed by atoms with Crippen molar-refractivity contribution in [3.63, 3.8) is 0 Å². The molecule has 1 unspecified atom stereocenters. The Morgan fingerprint density at radius 3 is 2.60 bits per heavy atom. The topological polar surface area (TPSA) is 72.2 Å². The third kappa shape index (κ3) is 4.03. The predicted molar refractivity (Wildman–Crippen MR) is 82.4 cm³/mol. The van der Waals surface area contributed by atoms with Crippen LogP contribution in [0.15, 0.2) is 18.2 Å². The van der Waals surface area contributed by atoms with E-state index in [0.717, 1.165) is 18.2 Å². The highest BCUT2D eigenvalue weighted by atomic mass is 79.9. The Hall–Kier alpha value is -1.43. The molecular formula is C14H19BrN2O3. The lowest BCUT2D eigenvalue weighted by Gasteiger charge is -2.29. The van der Waals surface area contributed by atoms with Crippen LogP contribution >= 0.6 is 15.9 Å². The minimum absolute atomic E-state index is 0.0280. The van der Waals surface area contributed by atoms with Crippen LogP contribution < -0.4 is 5.32 Å². The molecule has 0 aliphatic carbocycles. The van der Waals surface area contributed by atoms with Crippen molar-refractivity contribution in [2.24, 2.45) is 0 Å². The summed E-state index contributed by atoms with van der Waals surface area (Å²) in [6, 6.07) is 4.42. The van der Waals surface area contributed by atoms with Crippen LogP contribution in [0.2, 0.25) is 0 Å². The van der Waals surface area contributed by atoms with Gasteiger partial charge in [0.15, 0.2) is 0 Å². The third-order valence-corrected chi connectivity index (χ3v) is 3.89. The molecule has 0 saturated carbocycles. The monoisotopic (exact) mass is 342 g/mol. The van der Waals surface area contributed by atoms with Crippen molar-refractivity contribution in [2.45, 2.75) is 39.2 Å². The lowest BCUT2D eigenvalue weighted by atomic mass is 9.95. The number of amides is 1. The summed E-state index contributed by atoms with van der Waals surface area (Å²) in [6.07, 6.45) is 1.64. The molecule has 1 amide bonds. The van der Waals surface area contributed by atoms with E-state index >= 15 is 0 Å². The first kappa shape index (κ1) is 16.6. The van der Waals surface area contributed by atoms with E-state index < -0.39 is 4.92 Å². The summed E-state index contributed by atoms with van der Waals surface area (Å²) in [5.74, 6) is -0.201. The number of alkyl halides is 1. The van der Waals surface area contributed by atoms with Crippen molar-refractivity contribution < 1.29 is 9.72 Å². The number of benzene rings is 1. The normalized spacial score (nSPS) is 13.6. The SMILES string of the molecule is CCC(C)(CCBr)NC(=O)c1ccc([N+](=O)[O-])c(C)c1. The molecule has 0 heterocycles. The van der Waals surface area contributed by atoms with E-state index in [1.165, 1.54) is 12.1 Å². The molecule has 0 aliphatic heterocycles. The van der Waals surface area contributed by atoms with Gasteiger partial charge in [0.2, 0.25) is 0 Å². The summed E-state index contributed by atoms with van der Waals surface area (Å²) in [6.45, 7) is 5.64. The molecule has 0 saturated heterocycles. The fourth-order valence-corrected chi connectivity index (χ4v) is 2.76. The second kappa shape index (κ2) is 6.83. The van der Waals surface area contributed by atoms with Gasteiger partial charge >= 0.3 is 0 Å². The van der Waals surface area contributed by atoms with Crippen molar-refractivity contribution in [1.82, 2.24) is 5.32 Å². The highest BCUT2D eigenvalue weighted by molar-refractivity contribution is 9.09. The van der Waals surface area contributed by atoms with Crippen LogP contribution in [0.3, 0.4) is 0 Å². The van der Waals surface area contributed by atoms with Gasteiger partial charge < -0.3 is 5.32 Å². The molecule has 1 aromatic carbocycles. The van der Waals surface area contributed by atoms with Crippen molar-refractivity contribution >= 4 is 27.5 Å². The fourth-order valence-electron chi connectivity index (χ4n) is 1.88. The maximum absolute atomic E-state index is 12.2. The number of hydrogen-bond acceptors (Lipinski definition) is 3. The largest absolute Gasteiger partial charge is 0.347 e. The maximum atomic E-state index is 12.2. The molecule has 0 bridgehead atoms. The number of hydrogen-bond donors (Lipinski definition) is 1. The van der Waals surface area contributed by atoms with Crippen LogP contribution in [0.25, 0.3) is 0 Å². The third-order valence-electron chi connectivity index (χ3n) is 3.50. The molecule has 0 spiro atoms. The van der Waals surface area contributed by atoms with E-state index in [1.54, 1.807) is 13.0 Å². The summed E-state index contributed by atoms with van der Waals surface area (Å²) >= 11 is 3.38. The van der Waals surface area contributed by atoms with E-state index in [9.17, 15) is 14.9 Å². The van der Waals surface area contributed by atoms with Gasteiger partial charge in [-0.2, -0.15) is 0 Å². The molecule has 110 valence electrons. The van der Waals surface area contributed by atoms with Crippen LogP contribution in [0, 0.1) is 17.0 Å². The van der Waals surface area contributed by atoms with Gasteiger partial charge in [0, 0.05) is 28.1 Å². The van der Waals surface area contributed by atoms with E-state index in [4.69, 9.17) is 0 Å². The average Bonchev–Trinajstić information content (AvgIpc) is 2.38. The van der Waals surface area contributed by atoms with Gasteiger partial charge in [-0.3, -0.25) is 14.9 Å². The molecule has 5 nitrogen and oxygen atoms in total. The lowest BCUT2D eigenvalue weighted by Crippen LogP contribution is -2.45. The molecule has 20 heavy (non-hydrogen) atoms. The lowest BCUT2D eigenvalue weighted by molar-refractivity contribution is -0.385. The van der Waals surface area contributed by atoms with Crippen molar-refractivity contribution in [1.29, 1.82) is 0 Å². The first-order chi connectivity index (χ1) is 9.33. The fraction of sp³-hybridized carbons (Fsp3) is 0.500. The highest BCUT2D eigenvalue weighted by Gasteiger charge is 2.24. The van der Waals surface area contributed by atoms with E-state index in [2.05, 4.69) is 21.2 Å². The van der Waals surface area contributed by atoms with Gasteiger partial charge in [-0.05, 0) is 38.8 Å². The molecule has 6 heteroatoms. The van der Waals surface area contributed by atoms with E-state index in [0.29, 0.717) is 11.1 Å². The molecule has 0 fully saturated rings. The Morgan fingerprint density at radius 1 is 1.50 bits per heavy atom. The molecule has 1 N–H and O–H groups in total. The summed E-state index contributed by atoms with van der Waals surface area (Å²) in [4.78, 5) is 22.5. The Balaban J connectivity index is 2.93. The second-order valence-corrected chi connectivity index (χ2v) is 5.86. The average molecular weight is 343 g/mol. The summed E-state index contributed by atoms with van der Waals surface area (Å²) in [5, 5.41) is 14.6. The number of nitrogens with zero attached hydrogens (tertiary/aromatic N) is 1. The van der Waals surface area contributed by atoms with Crippen molar-refractivity contribution in [2.75, 3.05) is 5.33 Å². The quantitative estimate of drug-likeness (QED) is 0.487. The Bertz CT molecular complexity index is 519. The minimum atomic E-state index is -0.446. The first-order valence-electron chi connectivity index (χ1n) is 6.46. The number of carbonyl (C=O) groups excluding carboxylic acids is 1. The molecule has 1 rings (SSSR count).